The van der Waals surface area contributed by atoms with Crippen molar-refractivity contribution in [3.63, 3.8) is 0 Å². The molecule has 0 spiro atoms. The number of nitrogens with one attached hydrogen (secondary N) is 2. The molecule has 4 atom stereocenters. The normalized spacial score (nSPS) is 20.2. The van der Waals surface area contributed by atoms with E-state index in [0.29, 0.717) is 0 Å². The molecule has 1 aliphatic heterocycles. The highest BCUT2D eigenvalue weighted by Gasteiger charge is 2.50. The molecule has 0 radical (unpaired) electrons. The summed E-state index contributed by atoms with van der Waals surface area (Å²) >= 11 is 0. The molecule has 1 aliphatic rings. The Morgan fingerprint density at radius 1 is 1.37 bits per heavy atom. The van der Waals surface area contributed by atoms with Crippen LogP contribution in [-0.4, -0.2) is 71.5 Å². The second-order valence-electron chi connectivity index (χ2n) is 6.48. The number of Topliss-reactive ketones (excluding diaryl/α,β-unsaturated/α-hetero) is 1. The van der Waals surface area contributed by atoms with Crippen molar-refractivity contribution in [1.29, 1.82) is 0 Å². The number of hydrogen-bond donors (Lipinski definition) is 3. The first-order chi connectivity index (χ1) is 13.9. The van der Waals surface area contributed by atoms with E-state index in [0.717, 1.165) is 0 Å². The van der Waals surface area contributed by atoms with Gasteiger partial charge in [0.1, 0.15) is 6.54 Å². The van der Waals surface area contributed by atoms with Crippen LogP contribution in [0.1, 0.15) is 19.7 Å². The Labute approximate surface area is 165 Å². The Kier molecular flexibility index (Phi) is 6.30. The number of carbonyl (C=O) groups is 4. The number of nitrogens with zero attached hydrogens (tertiary/aromatic N) is 6. The fraction of sp³-hybridized carbons (Fsp3) is 0.571. The Morgan fingerprint density at radius 3 is 2.50 bits per heavy atom. The summed E-state index contributed by atoms with van der Waals surface area (Å²) in [4.78, 5) is 49.5. The van der Waals surface area contributed by atoms with Gasteiger partial charge in [0.15, 0.2) is 0 Å². The molecule has 1 saturated heterocycles. The smallest absolute Gasteiger partial charge is 0.453 e. The van der Waals surface area contributed by atoms with E-state index in [4.69, 9.17) is 10.6 Å². The predicted octanol–water partition coefficient (Wildman–Crippen LogP) is -1.73. The number of aliphatic carboxylic acids is 1. The van der Waals surface area contributed by atoms with Gasteiger partial charge in [-0.2, -0.15) is 18.0 Å². The lowest BCUT2D eigenvalue weighted by molar-refractivity contribution is -0.148. The zero-order chi connectivity index (χ0) is 22.8. The van der Waals surface area contributed by atoms with Crippen molar-refractivity contribution in [2.45, 2.75) is 38.7 Å². The fourth-order valence-electron chi connectivity index (χ4n) is 3.01. The summed E-state index contributed by atoms with van der Waals surface area (Å²) in [6.07, 6.45) is -4.87. The highest BCUT2D eigenvalue weighted by atomic mass is 19.4. The first-order valence-corrected chi connectivity index (χ1v) is 8.31. The van der Waals surface area contributed by atoms with Crippen LogP contribution in [0.25, 0.3) is 5.53 Å². The molecular weight excluding hydrogens is 417 g/mol. The number of carboxylic acid groups (broad SMARTS) is 1. The molecule has 3 N–H and O–H groups in total. The number of carbonyl (C=O) groups excluding carboxylic acids is 3. The number of carboxylic acids is 1. The first-order valence-electron chi connectivity index (χ1n) is 8.31. The standard InChI is InChI=1S/C14H15F3N8O5/c1-4(10(27)9(21-18)12(29)30)8-7(11(28)20-8)5(2)19-6(26)3-25-13(14(15,16)17)22-23-24-25/h4-5,7-8H,3H2,1-2H3,(H,19,26)(H,20,28)(H,29,30)/t4?,5-,7-,8-/m1/s1. The monoisotopic (exact) mass is 432 g/mol. The van der Waals surface area contributed by atoms with Crippen LogP contribution in [0.15, 0.2) is 0 Å². The van der Waals surface area contributed by atoms with Crippen LogP contribution in [0.3, 0.4) is 0 Å². The number of ketones is 1. The second kappa shape index (κ2) is 8.36. The topological polar surface area (TPSA) is 193 Å². The van der Waals surface area contributed by atoms with Crippen LogP contribution in [0, 0.1) is 11.8 Å². The number of aromatic nitrogens is 4. The fourth-order valence-corrected chi connectivity index (χ4v) is 3.01. The number of alkyl halides is 3. The summed E-state index contributed by atoms with van der Waals surface area (Å²) in [7, 11) is 0. The molecule has 0 aromatic carbocycles. The van der Waals surface area contributed by atoms with Gasteiger partial charge >= 0.3 is 17.9 Å². The largest absolute Gasteiger partial charge is 0.472 e. The maximum Gasteiger partial charge on any atom is 0.453 e. The predicted molar refractivity (Wildman–Crippen MR) is 86.3 cm³/mol. The number of β-lactam (4-membered cyclic amide) rings is 1. The number of tetrazole rings is 1. The number of rotatable bonds is 8. The zero-order valence-electron chi connectivity index (χ0n) is 15.4. The third-order valence-corrected chi connectivity index (χ3v) is 4.49. The van der Waals surface area contributed by atoms with E-state index in [1.165, 1.54) is 13.8 Å². The van der Waals surface area contributed by atoms with Gasteiger partial charge in [0, 0.05) is 12.0 Å². The van der Waals surface area contributed by atoms with Crippen LogP contribution in [0.5, 0.6) is 0 Å². The summed E-state index contributed by atoms with van der Waals surface area (Å²) in [5.74, 6) is -7.90. The van der Waals surface area contributed by atoms with Crippen LogP contribution in [0.2, 0.25) is 0 Å². The Hall–Kier alpha value is -3.68. The third-order valence-electron chi connectivity index (χ3n) is 4.49. The lowest BCUT2D eigenvalue weighted by Gasteiger charge is -2.42. The minimum Gasteiger partial charge on any atom is -0.472 e. The number of halogens is 3. The van der Waals surface area contributed by atoms with Crippen molar-refractivity contribution < 1.29 is 42.2 Å². The molecule has 13 nitrogen and oxygen atoms in total. The lowest BCUT2D eigenvalue weighted by Crippen LogP contribution is -2.68. The highest BCUT2D eigenvalue weighted by Crippen LogP contribution is 2.27. The van der Waals surface area contributed by atoms with E-state index < -0.39 is 71.7 Å². The zero-order valence-corrected chi connectivity index (χ0v) is 15.4. The molecule has 1 aromatic heterocycles. The van der Waals surface area contributed by atoms with Gasteiger partial charge in [-0.25, -0.2) is 9.48 Å². The van der Waals surface area contributed by atoms with E-state index >= 15 is 0 Å². The van der Waals surface area contributed by atoms with Crippen LogP contribution in [-0.2, 0) is 31.9 Å². The van der Waals surface area contributed by atoms with Gasteiger partial charge in [-0.1, -0.05) is 6.92 Å². The van der Waals surface area contributed by atoms with E-state index in [-0.39, 0.29) is 4.68 Å². The molecule has 2 amide bonds. The van der Waals surface area contributed by atoms with Crippen LogP contribution >= 0.6 is 0 Å². The first kappa shape index (κ1) is 22.6. The molecule has 1 fully saturated rings. The van der Waals surface area contributed by atoms with Gasteiger partial charge in [-0.05, 0) is 17.4 Å². The number of amides is 2. The second-order valence-corrected chi connectivity index (χ2v) is 6.48. The molecule has 0 bridgehead atoms. The summed E-state index contributed by atoms with van der Waals surface area (Å²) in [5, 5.41) is 22.3. The maximum absolute atomic E-state index is 12.8. The van der Waals surface area contributed by atoms with Crippen molar-refractivity contribution in [1.82, 2.24) is 30.8 Å². The van der Waals surface area contributed by atoms with Crippen molar-refractivity contribution in [2.24, 2.45) is 11.8 Å². The minimum absolute atomic E-state index is 0.239. The third kappa shape index (κ3) is 4.48. The Balaban J connectivity index is 2.06. The van der Waals surface area contributed by atoms with E-state index in [2.05, 4.69) is 30.9 Å². The van der Waals surface area contributed by atoms with E-state index in [1.54, 1.807) is 0 Å². The SMILES string of the molecule is CC(C(=O)C(=[N+]=[N-])C(=O)O)[C@H]1NC(=O)[C@@H]1[C@@H](C)NC(=O)Cn1nnnc1C(F)(F)F. The average Bonchev–Trinajstić information content (AvgIpc) is 3.07. The van der Waals surface area contributed by atoms with Crippen molar-refractivity contribution in [3.05, 3.63) is 11.4 Å². The molecule has 16 heteroatoms. The molecule has 162 valence electrons. The molecule has 2 heterocycles. The molecule has 0 aliphatic carbocycles. The number of hydrogen-bond acceptors (Lipinski definition) is 7. The van der Waals surface area contributed by atoms with Crippen molar-refractivity contribution in [3.8, 4) is 0 Å². The van der Waals surface area contributed by atoms with Crippen LogP contribution in [0.4, 0.5) is 13.2 Å². The lowest BCUT2D eigenvalue weighted by atomic mass is 9.75. The molecule has 1 aromatic rings. The highest BCUT2D eigenvalue weighted by molar-refractivity contribution is 6.62. The summed E-state index contributed by atoms with van der Waals surface area (Å²) < 4.78 is 38.5. The van der Waals surface area contributed by atoms with Gasteiger partial charge in [0.2, 0.25) is 11.8 Å². The Bertz CT molecular complexity index is 938. The van der Waals surface area contributed by atoms with Crippen LogP contribution < -0.4 is 10.6 Å². The van der Waals surface area contributed by atoms with Gasteiger partial charge in [0.05, 0.1) is 12.0 Å². The Morgan fingerprint density at radius 2 is 2.00 bits per heavy atom. The minimum atomic E-state index is -4.87. The summed E-state index contributed by atoms with van der Waals surface area (Å²) in [5.41, 5.74) is 7.55. The summed E-state index contributed by atoms with van der Waals surface area (Å²) in [6, 6.07) is -1.84. The van der Waals surface area contributed by atoms with Gasteiger partial charge in [-0.15, -0.1) is 5.10 Å². The molecule has 30 heavy (non-hydrogen) atoms. The molecule has 1 unspecified atom stereocenters. The van der Waals surface area contributed by atoms with Crippen molar-refractivity contribution >= 4 is 29.3 Å². The van der Waals surface area contributed by atoms with Gasteiger partial charge < -0.3 is 21.3 Å². The molecule has 0 saturated carbocycles. The molecular formula is C14H15F3N8O5. The van der Waals surface area contributed by atoms with Gasteiger partial charge in [-0.3, -0.25) is 14.4 Å². The van der Waals surface area contributed by atoms with Crippen molar-refractivity contribution in [2.75, 3.05) is 0 Å². The van der Waals surface area contributed by atoms with E-state index in [9.17, 15) is 32.3 Å². The van der Waals surface area contributed by atoms with Gasteiger partial charge in [0.25, 0.3) is 11.6 Å². The van der Waals surface area contributed by atoms with E-state index in [1.807, 2.05) is 0 Å². The maximum atomic E-state index is 12.8. The quantitative estimate of drug-likeness (QED) is 0.142. The summed E-state index contributed by atoms with van der Waals surface area (Å²) in [6.45, 7) is 1.80. The molecule has 2 rings (SSSR count). The average molecular weight is 432 g/mol.